The van der Waals surface area contributed by atoms with Crippen molar-refractivity contribution in [2.45, 2.75) is 18.3 Å². The Kier molecular flexibility index (Phi) is 5.81. The highest BCUT2D eigenvalue weighted by Gasteiger charge is 2.31. The van der Waals surface area contributed by atoms with Crippen LogP contribution < -0.4 is 10.9 Å². The van der Waals surface area contributed by atoms with E-state index in [9.17, 15) is 22.8 Å². The molecule has 1 amide bonds. The minimum Gasteiger partial charge on any atom is -0.349 e. The van der Waals surface area contributed by atoms with Crippen molar-refractivity contribution in [1.82, 2.24) is 24.7 Å². The summed E-state index contributed by atoms with van der Waals surface area (Å²) in [6, 6.07) is 11.6. The molecule has 3 heterocycles. The summed E-state index contributed by atoms with van der Waals surface area (Å²) in [7, 11) is 0. The van der Waals surface area contributed by atoms with Gasteiger partial charge in [-0.15, -0.1) is 10.2 Å². The van der Waals surface area contributed by atoms with Crippen LogP contribution in [0, 0.1) is 6.92 Å². The Labute approximate surface area is 203 Å². The number of aromatic amines is 1. The summed E-state index contributed by atoms with van der Waals surface area (Å²) in [6.07, 6.45) is -4.59. The van der Waals surface area contributed by atoms with Gasteiger partial charge in [-0.3, -0.25) is 19.5 Å². The number of para-hydroxylation sites is 1. The lowest BCUT2D eigenvalue weighted by Crippen LogP contribution is -2.23. The molecule has 0 bridgehead atoms. The van der Waals surface area contributed by atoms with E-state index in [-0.39, 0.29) is 22.1 Å². The lowest BCUT2D eigenvalue weighted by molar-refractivity contribution is -0.137. The van der Waals surface area contributed by atoms with E-state index in [1.54, 1.807) is 31.2 Å². The fourth-order valence-corrected chi connectivity index (χ4v) is 4.93. The molecule has 0 fully saturated rings. The molecule has 0 unspecified atom stereocenters. The van der Waals surface area contributed by atoms with Crippen LogP contribution in [-0.2, 0) is 11.0 Å². The molecule has 5 aromatic rings. The van der Waals surface area contributed by atoms with Crippen molar-refractivity contribution in [2.75, 3.05) is 11.1 Å². The van der Waals surface area contributed by atoms with Crippen molar-refractivity contribution in [3.05, 3.63) is 69.5 Å². The number of H-pyrrole nitrogens is 1. The Morgan fingerprint density at radius 1 is 1.17 bits per heavy atom. The maximum absolute atomic E-state index is 13.5. The van der Waals surface area contributed by atoms with Crippen LogP contribution in [0.15, 0.2) is 58.5 Å². The fraction of sp³-hybridized carbons (Fsp3) is 0.136. The lowest BCUT2D eigenvalue weighted by Gasteiger charge is -2.14. The Bertz CT molecular complexity index is 1640. The number of fused-ring (bicyclic) bond motifs is 3. The third kappa shape index (κ3) is 4.51. The molecule has 35 heavy (non-hydrogen) atoms. The van der Waals surface area contributed by atoms with Gasteiger partial charge in [0.15, 0.2) is 5.16 Å². The van der Waals surface area contributed by atoms with Crippen molar-refractivity contribution in [3.63, 3.8) is 0 Å². The van der Waals surface area contributed by atoms with Gasteiger partial charge < -0.3 is 4.98 Å². The maximum atomic E-state index is 13.5. The number of carbonyl (C=O) groups excluding carboxylic acids is 1. The molecule has 3 aromatic heterocycles. The van der Waals surface area contributed by atoms with Crippen LogP contribution in [0.5, 0.6) is 0 Å². The first-order valence-electron chi connectivity index (χ1n) is 10.1. The fourth-order valence-electron chi connectivity index (χ4n) is 3.52. The van der Waals surface area contributed by atoms with Crippen LogP contribution in [0.25, 0.3) is 27.6 Å². The van der Waals surface area contributed by atoms with E-state index in [1.165, 1.54) is 23.5 Å². The van der Waals surface area contributed by atoms with Crippen LogP contribution in [0.3, 0.4) is 0 Å². The van der Waals surface area contributed by atoms with Gasteiger partial charge in [-0.2, -0.15) is 13.2 Å². The van der Waals surface area contributed by atoms with Crippen molar-refractivity contribution < 1.29 is 18.0 Å². The smallest absolute Gasteiger partial charge is 0.349 e. The molecule has 0 saturated heterocycles. The van der Waals surface area contributed by atoms with Crippen LogP contribution >= 0.6 is 23.1 Å². The maximum Gasteiger partial charge on any atom is 0.416 e. The Morgan fingerprint density at radius 3 is 2.71 bits per heavy atom. The zero-order valence-corrected chi connectivity index (χ0v) is 19.5. The van der Waals surface area contributed by atoms with Gasteiger partial charge in [-0.25, -0.2) is 4.98 Å². The number of carbonyl (C=O) groups is 1. The number of alkyl halides is 3. The number of aryl methyl sites for hydroxylation is 1. The average Bonchev–Trinajstić information content (AvgIpc) is 3.40. The van der Waals surface area contributed by atoms with Gasteiger partial charge in [-0.05, 0) is 31.2 Å². The molecular weight excluding hydrogens is 501 g/mol. The molecular formula is C22H15F3N6O2S2. The molecule has 0 aliphatic rings. The van der Waals surface area contributed by atoms with Gasteiger partial charge in [0.1, 0.15) is 16.0 Å². The number of thioether (sulfide) groups is 1. The van der Waals surface area contributed by atoms with Gasteiger partial charge in [-0.1, -0.05) is 47.4 Å². The minimum atomic E-state index is -4.59. The third-order valence-corrected chi connectivity index (χ3v) is 6.72. The predicted octanol–water partition coefficient (Wildman–Crippen LogP) is 4.78. The summed E-state index contributed by atoms with van der Waals surface area (Å²) < 4.78 is 41.2. The van der Waals surface area contributed by atoms with Crippen molar-refractivity contribution in [2.24, 2.45) is 0 Å². The zero-order chi connectivity index (χ0) is 24.7. The summed E-state index contributed by atoms with van der Waals surface area (Å²) in [4.78, 5) is 33.6. The number of nitrogens with zero attached hydrogens (tertiary/aromatic N) is 4. The van der Waals surface area contributed by atoms with E-state index in [2.05, 4.69) is 25.5 Å². The van der Waals surface area contributed by atoms with Crippen molar-refractivity contribution >= 4 is 56.1 Å². The highest BCUT2D eigenvalue weighted by molar-refractivity contribution is 7.99. The third-order valence-electron chi connectivity index (χ3n) is 5.03. The van der Waals surface area contributed by atoms with Crippen LogP contribution in [0.4, 0.5) is 18.3 Å². The van der Waals surface area contributed by atoms with Gasteiger partial charge in [0.2, 0.25) is 11.0 Å². The molecule has 178 valence electrons. The van der Waals surface area contributed by atoms with E-state index in [4.69, 9.17) is 0 Å². The second-order valence-electron chi connectivity index (χ2n) is 7.44. The van der Waals surface area contributed by atoms with Gasteiger partial charge >= 0.3 is 6.18 Å². The summed E-state index contributed by atoms with van der Waals surface area (Å²) in [6.45, 7) is 1.75. The number of hydrogen-bond acceptors (Lipinski definition) is 7. The van der Waals surface area contributed by atoms with E-state index in [0.29, 0.717) is 26.6 Å². The summed E-state index contributed by atoms with van der Waals surface area (Å²) in [5.74, 6) is -0.576. The Hall–Kier alpha value is -3.71. The molecule has 0 radical (unpaired) electrons. The monoisotopic (exact) mass is 516 g/mol. The number of amides is 1. The molecule has 0 spiro atoms. The van der Waals surface area contributed by atoms with Crippen LogP contribution in [0.2, 0.25) is 0 Å². The first-order valence-corrected chi connectivity index (χ1v) is 11.9. The van der Waals surface area contributed by atoms with E-state index in [0.717, 1.165) is 28.5 Å². The van der Waals surface area contributed by atoms with E-state index >= 15 is 0 Å². The van der Waals surface area contributed by atoms with E-state index in [1.807, 2.05) is 0 Å². The first-order chi connectivity index (χ1) is 16.7. The number of benzene rings is 2. The second-order valence-corrected chi connectivity index (χ2v) is 9.56. The molecule has 0 atom stereocenters. The molecule has 0 aliphatic heterocycles. The highest BCUT2D eigenvalue weighted by atomic mass is 32.2. The molecule has 2 N–H and O–H groups in total. The quantitative estimate of drug-likeness (QED) is 0.257. The molecule has 13 heteroatoms. The molecule has 0 saturated carbocycles. The normalized spacial score (nSPS) is 11.9. The van der Waals surface area contributed by atoms with Crippen molar-refractivity contribution in [3.8, 4) is 5.69 Å². The molecule has 8 nitrogen and oxygen atoms in total. The highest BCUT2D eigenvalue weighted by Crippen LogP contribution is 2.32. The average molecular weight is 517 g/mol. The van der Waals surface area contributed by atoms with Gasteiger partial charge in [0.25, 0.3) is 5.56 Å². The lowest BCUT2D eigenvalue weighted by atomic mass is 10.2. The van der Waals surface area contributed by atoms with Gasteiger partial charge in [0, 0.05) is 10.9 Å². The number of nitrogens with one attached hydrogen (secondary N) is 2. The number of hydrogen-bond donors (Lipinski definition) is 2. The van der Waals surface area contributed by atoms with Crippen LogP contribution in [0.1, 0.15) is 10.6 Å². The Balaban J connectivity index is 1.61. The van der Waals surface area contributed by atoms with Crippen LogP contribution in [-0.4, -0.2) is 36.4 Å². The second kappa shape index (κ2) is 8.82. The standard InChI is InChI=1S/C22H15F3N6O2S2/c1-11-29-30-20(35-11)27-16(32)10-34-21-28-17-14-7-2-3-8-15(14)26-18(17)19(33)31(21)13-6-4-5-12(9-13)22(23,24)25/h2-9,26H,10H2,1H3,(H,27,30,32). The minimum absolute atomic E-state index is 0.0134. The summed E-state index contributed by atoms with van der Waals surface area (Å²) in [5.41, 5.74) is -0.305. The van der Waals surface area contributed by atoms with Gasteiger partial charge in [0.05, 0.1) is 17.0 Å². The molecule has 5 rings (SSSR count). The SMILES string of the molecule is Cc1nnc(NC(=O)CSc2nc3c([nH]c4ccccc43)c(=O)n2-c2cccc(C(F)(F)F)c2)s1. The summed E-state index contributed by atoms with van der Waals surface area (Å²) in [5, 5.41) is 12.0. The number of rotatable bonds is 5. The largest absolute Gasteiger partial charge is 0.416 e. The first kappa shape index (κ1) is 23.1. The summed E-state index contributed by atoms with van der Waals surface area (Å²) >= 11 is 2.14. The zero-order valence-electron chi connectivity index (χ0n) is 17.9. The number of halogens is 3. The topological polar surface area (TPSA) is 106 Å². The number of anilines is 1. The predicted molar refractivity (Wildman–Crippen MR) is 128 cm³/mol. The van der Waals surface area contributed by atoms with Crippen molar-refractivity contribution in [1.29, 1.82) is 0 Å². The molecule has 0 aliphatic carbocycles. The van der Waals surface area contributed by atoms with E-state index < -0.39 is 23.2 Å². The number of aromatic nitrogens is 5. The molecule has 2 aromatic carbocycles. The Morgan fingerprint density at radius 2 is 1.97 bits per heavy atom.